The first-order chi connectivity index (χ1) is 13.1. The SMILES string of the molecule is CCN1CCN(CC(=O)N2C(=O)C3CCCN3C(=O)c3ccccc32)CC1. The number of carbonyl (C=O) groups is 3. The molecule has 1 unspecified atom stereocenters. The van der Waals surface area contributed by atoms with E-state index in [1.54, 1.807) is 29.2 Å². The smallest absolute Gasteiger partial charge is 0.256 e. The number of likely N-dealkylation sites (N-methyl/N-ethyl adjacent to an activating group) is 1. The molecule has 1 aromatic carbocycles. The summed E-state index contributed by atoms with van der Waals surface area (Å²) in [5.74, 6) is -0.643. The van der Waals surface area contributed by atoms with Crippen LogP contribution in [0.2, 0.25) is 0 Å². The van der Waals surface area contributed by atoms with Gasteiger partial charge in [-0.3, -0.25) is 19.3 Å². The van der Waals surface area contributed by atoms with E-state index >= 15 is 0 Å². The van der Waals surface area contributed by atoms with E-state index in [2.05, 4.69) is 16.7 Å². The Morgan fingerprint density at radius 3 is 2.48 bits per heavy atom. The molecule has 27 heavy (non-hydrogen) atoms. The predicted octanol–water partition coefficient (Wildman–Crippen LogP) is 0.802. The van der Waals surface area contributed by atoms with Crippen molar-refractivity contribution in [3.8, 4) is 0 Å². The molecule has 0 spiro atoms. The number of benzene rings is 1. The van der Waals surface area contributed by atoms with Crippen LogP contribution in [0.4, 0.5) is 5.69 Å². The van der Waals surface area contributed by atoms with Crippen LogP contribution in [0.1, 0.15) is 30.1 Å². The Balaban J connectivity index is 1.60. The highest BCUT2D eigenvalue weighted by atomic mass is 16.2. The summed E-state index contributed by atoms with van der Waals surface area (Å²) in [6.45, 7) is 7.43. The first-order valence-electron chi connectivity index (χ1n) is 9.81. The molecule has 1 atom stereocenters. The molecule has 0 aromatic heterocycles. The highest BCUT2D eigenvalue weighted by Gasteiger charge is 2.44. The number of fused-ring (bicyclic) bond motifs is 2. The molecule has 7 heteroatoms. The fourth-order valence-electron chi connectivity index (χ4n) is 4.32. The van der Waals surface area contributed by atoms with Crippen molar-refractivity contribution in [2.75, 3.05) is 50.7 Å². The summed E-state index contributed by atoms with van der Waals surface area (Å²) in [6, 6.07) is 6.46. The summed E-state index contributed by atoms with van der Waals surface area (Å²) in [7, 11) is 0. The Morgan fingerprint density at radius 2 is 1.74 bits per heavy atom. The first kappa shape index (κ1) is 18.1. The molecule has 0 radical (unpaired) electrons. The van der Waals surface area contributed by atoms with Gasteiger partial charge < -0.3 is 9.80 Å². The van der Waals surface area contributed by atoms with Crippen molar-refractivity contribution in [2.45, 2.75) is 25.8 Å². The van der Waals surface area contributed by atoms with Crippen molar-refractivity contribution in [1.82, 2.24) is 14.7 Å². The molecule has 2 fully saturated rings. The molecule has 7 nitrogen and oxygen atoms in total. The molecule has 4 rings (SSSR count). The average Bonchev–Trinajstić information content (AvgIpc) is 3.15. The van der Waals surface area contributed by atoms with Gasteiger partial charge in [-0.15, -0.1) is 0 Å². The van der Waals surface area contributed by atoms with Crippen LogP contribution < -0.4 is 4.90 Å². The molecule has 144 valence electrons. The predicted molar refractivity (Wildman–Crippen MR) is 102 cm³/mol. The molecule has 1 aromatic rings. The van der Waals surface area contributed by atoms with Gasteiger partial charge in [-0.05, 0) is 31.5 Å². The molecule has 3 amide bonds. The number of imide groups is 1. The molecule has 3 aliphatic rings. The van der Waals surface area contributed by atoms with Crippen molar-refractivity contribution < 1.29 is 14.4 Å². The molecule has 0 N–H and O–H groups in total. The number of para-hydroxylation sites is 1. The molecule has 0 aliphatic carbocycles. The van der Waals surface area contributed by atoms with Gasteiger partial charge in [0.2, 0.25) is 5.91 Å². The maximum Gasteiger partial charge on any atom is 0.256 e. The molecule has 3 aliphatic heterocycles. The van der Waals surface area contributed by atoms with Gasteiger partial charge in [-0.25, -0.2) is 4.90 Å². The van der Waals surface area contributed by atoms with E-state index in [0.29, 0.717) is 24.2 Å². The Hall–Kier alpha value is -2.25. The minimum atomic E-state index is -0.522. The summed E-state index contributed by atoms with van der Waals surface area (Å²) in [5.41, 5.74) is 0.874. The highest BCUT2D eigenvalue weighted by molar-refractivity contribution is 6.22. The molecule has 0 bridgehead atoms. The molecule has 2 saturated heterocycles. The summed E-state index contributed by atoms with van der Waals surface area (Å²) in [5, 5.41) is 0. The Bertz CT molecular complexity index is 757. The first-order valence-corrected chi connectivity index (χ1v) is 9.81. The number of piperazine rings is 1. The van der Waals surface area contributed by atoms with Crippen LogP contribution in [0.5, 0.6) is 0 Å². The lowest BCUT2D eigenvalue weighted by Gasteiger charge is -2.34. The number of nitrogens with zero attached hydrogens (tertiary/aromatic N) is 4. The third-order valence-electron chi connectivity index (χ3n) is 5.91. The normalized spacial score (nSPS) is 24.0. The van der Waals surface area contributed by atoms with Crippen LogP contribution in [0, 0.1) is 0 Å². The monoisotopic (exact) mass is 370 g/mol. The van der Waals surface area contributed by atoms with Gasteiger partial charge in [-0.2, -0.15) is 0 Å². The van der Waals surface area contributed by atoms with Crippen molar-refractivity contribution in [3.05, 3.63) is 29.8 Å². The van der Waals surface area contributed by atoms with Gasteiger partial charge in [0.15, 0.2) is 0 Å². The van der Waals surface area contributed by atoms with E-state index < -0.39 is 6.04 Å². The summed E-state index contributed by atoms with van der Waals surface area (Å²) < 4.78 is 0. The van der Waals surface area contributed by atoms with Gasteiger partial charge in [0, 0.05) is 32.7 Å². The molecular formula is C20H26N4O3. The number of carbonyl (C=O) groups excluding carboxylic acids is 3. The van der Waals surface area contributed by atoms with Crippen molar-refractivity contribution in [1.29, 1.82) is 0 Å². The van der Waals surface area contributed by atoms with E-state index in [1.807, 2.05) is 0 Å². The number of anilines is 1. The molecule has 3 heterocycles. The van der Waals surface area contributed by atoms with Gasteiger partial charge in [0.1, 0.15) is 6.04 Å². The number of rotatable bonds is 3. The Kier molecular flexibility index (Phi) is 4.97. The molecular weight excluding hydrogens is 344 g/mol. The van der Waals surface area contributed by atoms with E-state index in [0.717, 1.165) is 39.1 Å². The summed E-state index contributed by atoms with van der Waals surface area (Å²) in [4.78, 5) is 46.6. The fraction of sp³-hybridized carbons (Fsp3) is 0.550. The third kappa shape index (κ3) is 3.26. The largest absolute Gasteiger partial charge is 0.327 e. The van der Waals surface area contributed by atoms with Crippen LogP contribution in [-0.4, -0.2) is 84.3 Å². The number of amides is 3. The lowest BCUT2D eigenvalue weighted by atomic mass is 10.1. The highest BCUT2D eigenvalue weighted by Crippen LogP contribution is 2.32. The fourth-order valence-corrected chi connectivity index (χ4v) is 4.32. The maximum absolute atomic E-state index is 13.2. The van der Waals surface area contributed by atoms with Gasteiger partial charge in [0.05, 0.1) is 17.8 Å². The van der Waals surface area contributed by atoms with Crippen LogP contribution in [-0.2, 0) is 9.59 Å². The lowest BCUT2D eigenvalue weighted by molar-refractivity contribution is -0.129. The van der Waals surface area contributed by atoms with Crippen LogP contribution in [0.25, 0.3) is 0 Å². The second kappa shape index (κ2) is 7.40. The standard InChI is InChI=1S/C20H26N4O3/c1-2-21-10-12-22(13-11-21)14-18(25)24-16-7-4-3-6-15(16)19(26)23-9-5-8-17(23)20(24)27/h3-4,6-7,17H,2,5,8-14H2,1H3. The van der Waals surface area contributed by atoms with E-state index in [-0.39, 0.29) is 24.3 Å². The minimum absolute atomic E-state index is 0.145. The maximum atomic E-state index is 13.2. The Labute approximate surface area is 159 Å². The lowest BCUT2D eigenvalue weighted by Crippen LogP contribution is -2.53. The zero-order chi connectivity index (χ0) is 19.0. The topological polar surface area (TPSA) is 64.2 Å². The quantitative estimate of drug-likeness (QED) is 0.788. The summed E-state index contributed by atoms with van der Waals surface area (Å²) >= 11 is 0. The van der Waals surface area contributed by atoms with Crippen molar-refractivity contribution in [2.24, 2.45) is 0 Å². The minimum Gasteiger partial charge on any atom is -0.327 e. The second-order valence-corrected chi connectivity index (χ2v) is 7.45. The van der Waals surface area contributed by atoms with E-state index in [4.69, 9.17) is 0 Å². The van der Waals surface area contributed by atoms with Crippen LogP contribution in [0.3, 0.4) is 0 Å². The van der Waals surface area contributed by atoms with Crippen molar-refractivity contribution >= 4 is 23.4 Å². The van der Waals surface area contributed by atoms with Crippen LogP contribution in [0.15, 0.2) is 24.3 Å². The number of hydrogen-bond donors (Lipinski definition) is 0. The molecule has 0 saturated carbocycles. The zero-order valence-electron chi connectivity index (χ0n) is 15.8. The third-order valence-corrected chi connectivity index (χ3v) is 5.91. The van der Waals surface area contributed by atoms with Crippen LogP contribution >= 0.6 is 0 Å². The van der Waals surface area contributed by atoms with E-state index in [9.17, 15) is 14.4 Å². The zero-order valence-corrected chi connectivity index (χ0v) is 15.8. The average molecular weight is 370 g/mol. The van der Waals surface area contributed by atoms with Gasteiger partial charge >= 0.3 is 0 Å². The Morgan fingerprint density at radius 1 is 1.04 bits per heavy atom. The number of hydrogen-bond acceptors (Lipinski definition) is 5. The van der Waals surface area contributed by atoms with Gasteiger partial charge in [0.25, 0.3) is 11.8 Å². The second-order valence-electron chi connectivity index (χ2n) is 7.45. The van der Waals surface area contributed by atoms with E-state index in [1.165, 1.54) is 4.90 Å². The van der Waals surface area contributed by atoms with Crippen molar-refractivity contribution in [3.63, 3.8) is 0 Å². The van der Waals surface area contributed by atoms with Gasteiger partial charge in [-0.1, -0.05) is 19.1 Å². The summed E-state index contributed by atoms with van der Waals surface area (Å²) in [6.07, 6.45) is 1.42.